The fraction of sp³-hybridized carbons (Fsp3) is 0.182. The summed E-state index contributed by atoms with van der Waals surface area (Å²) in [6, 6.07) is 7.35. The van der Waals surface area contributed by atoms with E-state index in [2.05, 4.69) is 20.9 Å². The van der Waals surface area contributed by atoms with Gasteiger partial charge in [0.15, 0.2) is 5.88 Å². The number of aromatic amines is 1. The highest BCUT2D eigenvalue weighted by Crippen LogP contribution is 2.19. The Labute approximate surface area is 95.2 Å². The molecule has 0 aliphatic rings. The van der Waals surface area contributed by atoms with Gasteiger partial charge in [0.1, 0.15) is 0 Å². The lowest BCUT2D eigenvalue weighted by Crippen LogP contribution is -2.08. The molecule has 0 amide bonds. The molecule has 15 heavy (non-hydrogen) atoms. The molecule has 0 aliphatic carbocycles. The van der Waals surface area contributed by atoms with Crippen molar-refractivity contribution in [1.82, 2.24) is 4.98 Å². The van der Waals surface area contributed by atoms with Crippen LogP contribution < -0.4 is 10.3 Å². The first kappa shape index (κ1) is 10.2. The van der Waals surface area contributed by atoms with Crippen LogP contribution in [0.4, 0.5) is 0 Å². The summed E-state index contributed by atoms with van der Waals surface area (Å²) in [6.45, 7) is 2.42. The smallest absolute Gasteiger partial charge is 0.258 e. The number of H-pyrrole nitrogens is 1. The molecule has 4 heteroatoms. The van der Waals surface area contributed by atoms with Crippen molar-refractivity contribution in [2.45, 2.75) is 6.92 Å². The molecule has 1 heterocycles. The number of hydrogen-bond acceptors (Lipinski definition) is 2. The summed E-state index contributed by atoms with van der Waals surface area (Å²) in [5.74, 6) is 0.508. The highest BCUT2D eigenvalue weighted by molar-refractivity contribution is 9.10. The number of hydrogen-bond donors (Lipinski definition) is 1. The molecular formula is C11H10BrNO2. The molecule has 0 bridgehead atoms. The van der Waals surface area contributed by atoms with E-state index in [9.17, 15) is 4.79 Å². The molecule has 0 saturated carbocycles. The van der Waals surface area contributed by atoms with Crippen LogP contribution in [0, 0.1) is 0 Å². The van der Waals surface area contributed by atoms with E-state index in [4.69, 9.17) is 4.74 Å². The summed E-state index contributed by atoms with van der Waals surface area (Å²) in [6.07, 6.45) is 0. The van der Waals surface area contributed by atoms with Crippen LogP contribution in [0.5, 0.6) is 5.88 Å². The molecule has 2 aromatic rings. The van der Waals surface area contributed by atoms with E-state index < -0.39 is 0 Å². The molecule has 0 radical (unpaired) electrons. The quantitative estimate of drug-likeness (QED) is 0.909. The van der Waals surface area contributed by atoms with Gasteiger partial charge in [-0.3, -0.25) is 9.78 Å². The Balaban J connectivity index is 2.68. The van der Waals surface area contributed by atoms with Gasteiger partial charge in [-0.25, -0.2) is 0 Å². The normalized spacial score (nSPS) is 10.5. The second-order valence-electron chi connectivity index (χ2n) is 3.13. The van der Waals surface area contributed by atoms with E-state index in [1.54, 1.807) is 6.07 Å². The van der Waals surface area contributed by atoms with Crippen molar-refractivity contribution in [3.63, 3.8) is 0 Å². The van der Waals surface area contributed by atoms with Crippen molar-refractivity contribution in [2.24, 2.45) is 0 Å². The number of halogens is 1. The number of ether oxygens (including phenoxy) is 1. The number of fused-ring (bicyclic) bond motifs is 1. The predicted octanol–water partition coefficient (Wildman–Crippen LogP) is 2.69. The van der Waals surface area contributed by atoms with E-state index in [-0.39, 0.29) is 5.56 Å². The van der Waals surface area contributed by atoms with Gasteiger partial charge in [-0.15, -0.1) is 0 Å². The van der Waals surface area contributed by atoms with Crippen molar-refractivity contribution < 1.29 is 4.74 Å². The Morgan fingerprint density at radius 2 is 2.20 bits per heavy atom. The first-order valence-electron chi connectivity index (χ1n) is 4.66. The first-order chi connectivity index (χ1) is 7.20. The van der Waals surface area contributed by atoms with Crippen LogP contribution >= 0.6 is 15.9 Å². The number of rotatable bonds is 2. The lowest BCUT2D eigenvalue weighted by Gasteiger charge is -2.04. The Morgan fingerprint density at radius 1 is 1.40 bits per heavy atom. The summed E-state index contributed by atoms with van der Waals surface area (Å²) in [4.78, 5) is 14.3. The van der Waals surface area contributed by atoms with Crippen LogP contribution in [0.25, 0.3) is 10.8 Å². The van der Waals surface area contributed by atoms with Crippen molar-refractivity contribution >= 4 is 26.7 Å². The molecular weight excluding hydrogens is 258 g/mol. The van der Waals surface area contributed by atoms with Crippen molar-refractivity contribution in [3.05, 3.63) is 39.1 Å². The number of pyridine rings is 1. The zero-order valence-corrected chi connectivity index (χ0v) is 9.80. The number of nitrogens with one attached hydrogen (secondary N) is 1. The van der Waals surface area contributed by atoms with Crippen LogP contribution in [-0.2, 0) is 0 Å². The van der Waals surface area contributed by atoms with E-state index in [1.165, 1.54) is 0 Å². The molecule has 0 fully saturated rings. The van der Waals surface area contributed by atoms with Crippen molar-refractivity contribution in [3.8, 4) is 5.88 Å². The predicted molar refractivity (Wildman–Crippen MR) is 63.4 cm³/mol. The molecule has 1 N–H and O–H groups in total. The third kappa shape index (κ3) is 2.04. The molecule has 0 saturated heterocycles. The first-order valence-corrected chi connectivity index (χ1v) is 5.45. The molecule has 0 atom stereocenters. The van der Waals surface area contributed by atoms with Crippen LogP contribution in [0.2, 0.25) is 0 Å². The maximum absolute atomic E-state index is 11.6. The summed E-state index contributed by atoms with van der Waals surface area (Å²) < 4.78 is 6.21. The van der Waals surface area contributed by atoms with Gasteiger partial charge < -0.3 is 4.74 Å². The Morgan fingerprint density at radius 3 is 2.93 bits per heavy atom. The molecule has 1 aromatic heterocycles. The standard InChI is InChI=1S/C11H10BrNO2/c1-2-15-10-6-7-5-8(12)3-4-9(7)11(14)13-10/h3-6H,2H2,1H3,(H,13,14). The molecule has 3 nitrogen and oxygen atoms in total. The minimum Gasteiger partial charge on any atom is -0.479 e. The second-order valence-corrected chi connectivity index (χ2v) is 4.04. The van der Waals surface area contributed by atoms with E-state index in [0.717, 1.165) is 9.86 Å². The largest absolute Gasteiger partial charge is 0.479 e. The second kappa shape index (κ2) is 4.06. The SMILES string of the molecule is CCOc1cc2cc(Br)ccc2c(=O)[nH]1. The Kier molecular flexibility index (Phi) is 2.77. The van der Waals surface area contributed by atoms with Crippen LogP contribution in [0.3, 0.4) is 0 Å². The van der Waals surface area contributed by atoms with Crippen LogP contribution in [-0.4, -0.2) is 11.6 Å². The Bertz CT molecular complexity index is 548. The molecule has 0 spiro atoms. The third-order valence-electron chi connectivity index (χ3n) is 2.08. The topological polar surface area (TPSA) is 42.1 Å². The molecule has 0 unspecified atom stereocenters. The Hall–Kier alpha value is -1.29. The van der Waals surface area contributed by atoms with Gasteiger partial charge in [0, 0.05) is 15.9 Å². The summed E-state index contributed by atoms with van der Waals surface area (Å²) in [5.41, 5.74) is -0.122. The summed E-state index contributed by atoms with van der Waals surface area (Å²) >= 11 is 3.37. The highest BCUT2D eigenvalue weighted by Gasteiger charge is 2.02. The van der Waals surface area contributed by atoms with Crippen LogP contribution in [0.1, 0.15) is 6.92 Å². The summed E-state index contributed by atoms with van der Waals surface area (Å²) in [7, 11) is 0. The molecule has 2 rings (SSSR count). The van der Waals surface area contributed by atoms with E-state index >= 15 is 0 Å². The van der Waals surface area contributed by atoms with Gasteiger partial charge >= 0.3 is 0 Å². The average molecular weight is 268 g/mol. The van der Waals surface area contributed by atoms with Crippen molar-refractivity contribution in [2.75, 3.05) is 6.61 Å². The zero-order chi connectivity index (χ0) is 10.8. The van der Waals surface area contributed by atoms with E-state index in [0.29, 0.717) is 17.9 Å². The fourth-order valence-electron chi connectivity index (χ4n) is 1.45. The fourth-order valence-corrected chi connectivity index (χ4v) is 1.83. The lowest BCUT2D eigenvalue weighted by molar-refractivity contribution is 0.326. The third-order valence-corrected chi connectivity index (χ3v) is 2.57. The monoisotopic (exact) mass is 267 g/mol. The minimum absolute atomic E-state index is 0.122. The van der Waals surface area contributed by atoms with Gasteiger partial charge in [0.25, 0.3) is 5.56 Å². The summed E-state index contributed by atoms with van der Waals surface area (Å²) in [5, 5.41) is 1.54. The van der Waals surface area contributed by atoms with Gasteiger partial charge in [-0.2, -0.15) is 0 Å². The maximum Gasteiger partial charge on any atom is 0.258 e. The molecule has 78 valence electrons. The maximum atomic E-state index is 11.6. The molecule has 0 aliphatic heterocycles. The van der Waals surface area contributed by atoms with Gasteiger partial charge in [0.2, 0.25) is 0 Å². The van der Waals surface area contributed by atoms with Gasteiger partial charge in [-0.1, -0.05) is 15.9 Å². The number of aromatic nitrogens is 1. The lowest BCUT2D eigenvalue weighted by atomic mass is 10.2. The minimum atomic E-state index is -0.122. The van der Waals surface area contributed by atoms with Crippen molar-refractivity contribution in [1.29, 1.82) is 0 Å². The van der Waals surface area contributed by atoms with Gasteiger partial charge in [-0.05, 0) is 30.5 Å². The van der Waals surface area contributed by atoms with Crippen LogP contribution in [0.15, 0.2) is 33.5 Å². The highest BCUT2D eigenvalue weighted by atomic mass is 79.9. The van der Waals surface area contributed by atoms with Gasteiger partial charge in [0.05, 0.1) is 6.61 Å². The zero-order valence-electron chi connectivity index (χ0n) is 8.21. The van der Waals surface area contributed by atoms with E-state index in [1.807, 2.05) is 25.1 Å². The number of benzene rings is 1. The molecule has 1 aromatic carbocycles. The average Bonchev–Trinajstić information content (AvgIpc) is 2.17.